The molecule has 98 heavy (non-hydrogen) atoms. The van der Waals surface area contributed by atoms with Crippen LogP contribution in [-0.4, -0.2) is 96.7 Å². The fraction of sp³-hybridized carbons (Fsp3) is 0.848. The summed E-state index contributed by atoms with van der Waals surface area (Å²) in [6.45, 7) is 9.46. The molecule has 0 radical (unpaired) electrons. The van der Waals surface area contributed by atoms with E-state index in [4.69, 9.17) is 37.0 Å². The van der Waals surface area contributed by atoms with Crippen molar-refractivity contribution < 1.29 is 80.2 Å². The summed E-state index contributed by atoms with van der Waals surface area (Å²) < 4.78 is 68.5. The van der Waals surface area contributed by atoms with Crippen molar-refractivity contribution in [2.45, 2.75) is 381 Å². The van der Waals surface area contributed by atoms with Crippen molar-refractivity contribution in [3.63, 3.8) is 0 Å². The van der Waals surface area contributed by atoms with Crippen molar-refractivity contribution in [1.82, 2.24) is 0 Å². The zero-order valence-corrected chi connectivity index (χ0v) is 64.8. The molecule has 19 heteroatoms. The third-order valence-electron chi connectivity index (χ3n) is 17.6. The molecule has 0 saturated heterocycles. The second-order valence-electron chi connectivity index (χ2n) is 27.8. The monoisotopic (exact) mass is 1430 g/mol. The highest BCUT2D eigenvalue weighted by Crippen LogP contribution is 2.45. The molecule has 0 saturated carbocycles. The van der Waals surface area contributed by atoms with Crippen LogP contribution in [0.15, 0.2) is 48.6 Å². The maximum Gasteiger partial charge on any atom is 0.472 e. The molecule has 0 rings (SSSR count). The van der Waals surface area contributed by atoms with Crippen LogP contribution in [0.1, 0.15) is 363 Å². The van der Waals surface area contributed by atoms with E-state index in [1.54, 1.807) is 0 Å². The molecule has 0 amide bonds. The van der Waals surface area contributed by atoms with Gasteiger partial charge in [-0.3, -0.25) is 37.3 Å². The number of phosphoric acid groups is 2. The first kappa shape index (κ1) is 95.0. The van der Waals surface area contributed by atoms with Crippen LogP contribution < -0.4 is 0 Å². The number of rotatable bonds is 74. The highest BCUT2D eigenvalue weighted by molar-refractivity contribution is 7.47. The van der Waals surface area contributed by atoms with Gasteiger partial charge in [0.1, 0.15) is 19.3 Å². The minimum atomic E-state index is -4.97. The van der Waals surface area contributed by atoms with Crippen molar-refractivity contribution in [2.75, 3.05) is 39.6 Å². The van der Waals surface area contributed by atoms with Gasteiger partial charge < -0.3 is 33.8 Å². The number of hydrogen-bond acceptors (Lipinski definition) is 15. The maximum absolute atomic E-state index is 13.1. The lowest BCUT2D eigenvalue weighted by Crippen LogP contribution is -2.30. The van der Waals surface area contributed by atoms with Gasteiger partial charge in [-0.25, -0.2) is 9.13 Å². The maximum atomic E-state index is 13.1. The van der Waals surface area contributed by atoms with Gasteiger partial charge in [0.2, 0.25) is 0 Å². The Morgan fingerprint density at radius 3 is 0.908 bits per heavy atom. The Bertz CT molecular complexity index is 2080. The molecule has 0 fully saturated rings. The minimum absolute atomic E-state index is 0.0816. The normalized spacial score (nSPS) is 14.6. The number of aliphatic hydroxyl groups excluding tert-OH is 1. The van der Waals surface area contributed by atoms with Crippen LogP contribution in [-0.2, 0) is 65.4 Å². The highest BCUT2D eigenvalue weighted by atomic mass is 31.2. The van der Waals surface area contributed by atoms with E-state index in [-0.39, 0.29) is 25.7 Å². The molecule has 0 aromatic heterocycles. The van der Waals surface area contributed by atoms with Crippen LogP contribution in [0.2, 0.25) is 0 Å². The van der Waals surface area contributed by atoms with E-state index < -0.39 is 97.5 Å². The molecular formula is C79H146O17P2. The summed E-state index contributed by atoms with van der Waals surface area (Å²) in [6.07, 6.45) is 64.1. The molecule has 3 N–H and O–H groups in total. The lowest BCUT2D eigenvalue weighted by atomic mass is 10.00. The Balaban J connectivity index is 5.31. The number of esters is 4. The van der Waals surface area contributed by atoms with Gasteiger partial charge in [0.05, 0.1) is 26.4 Å². The Morgan fingerprint density at radius 1 is 0.337 bits per heavy atom. The fourth-order valence-corrected chi connectivity index (χ4v) is 12.6. The number of aliphatic hydroxyl groups is 1. The molecule has 0 spiro atoms. The molecule has 3 unspecified atom stereocenters. The van der Waals surface area contributed by atoms with E-state index in [9.17, 15) is 43.2 Å². The number of carbonyl (C=O) groups excluding carboxylic acids is 4. The molecule has 574 valence electrons. The van der Waals surface area contributed by atoms with E-state index in [1.807, 2.05) is 0 Å². The van der Waals surface area contributed by atoms with E-state index in [0.29, 0.717) is 25.7 Å². The van der Waals surface area contributed by atoms with E-state index in [2.05, 4.69) is 90.2 Å². The number of allylic oxidation sites excluding steroid dienone is 8. The third kappa shape index (κ3) is 70.1. The van der Waals surface area contributed by atoms with Gasteiger partial charge >= 0.3 is 39.5 Å². The molecule has 0 aromatic carbocycles. The summed E-state index contributed by atoms with van der Waals surface area (Å²) in [5.41, 5.74) is 0. The number of hydrogen-bond donors (Lipinski definition) is 3. The average molecular weight is 1430 g/mol. The molecule has 0 aliphatic carbocycles. The van der Waals surface area contributed by atoms with Crippen LogP contribution in [0.5, 0.6) is 0 Å². The third-order valence-corrected chi connectivity index (χ3v) is 19.5. The van der Waals surface area contributed by atoms with Gasteiger partial charge in [-0.15, -0.1) is 0 Å². The summed E-state index contributed by atoms with van der Waals surface area (Å²) in [5, 5.41) is 10.6. The fourth-order valence-electron chi connectivity index (χ4n) is 11.1. The number of phosphoric ester groups is 2. The Labute approximate surface area is 597 Å². The quantitative estimate of drug-likeness (QED) is 0.0169. The molecular weight excluding hydrogens is 1280 g/mol. The zero-order valence-electron chi connectivity index (χ0n) is 63.1. The molecule has 0 bridgehead atoms. The highest BCUT2D eigenvalue weighted by Gasteiger charge is 2.30. The predicted molar refractivity (Wildman–Crippen MR) is 400 cm³/mol. The van der Waals surface area contributed by atoms with Crippen LogP contribution in [0.3, 0.4) is 0 Å². The second kappa shape index (κ2) is 69.7. The van der Waals surface area contributed by atoms with Gasteiger partial charge in [-0.2, -0.15) is 0 Å². The molecule has 6 atom stereocenters. The summed E-state index contributed by atoms with van der Waals surface area (Å²) >= 11 is 0. The van der Waals surface area contributed by atoms with Crippen molar-refractivity contribution in [3.05, 3.63) is 48.6 Å². The van der Waals surface area contributed by atoms with Crippen LogP contribution in [0.4, 0.5) is 0 Å². The molecule has 0 aliphatic rings. The largest absolute Gasteiger partial charge is 0.472 e. The molecule has 0 aromatic rings. The van der Waals surface area contributed by atoms with Crippen LogP contribution in [0, 0.1) is 11.8 Å². The van der Waals surface area contributed by atoms with Crippen molar-refractivity contribution in [3.8, 4) is 0 Å². The summed E-state index contributed by atoms with van der Waals surface area (Å²) in [4.78, 5) is 72.9. The van der Waals surface area contributed by atoms with Gasteiger partial charge in [0.15, 0.2) is 12.2 Å². The van der Waals surface area contributed by atoms with Crippen molar-refractivity contribution in [2.24, 2.45) is 11.8 Å². The van der Waals surface area contributed by atoms with Gasteiger partial charge in [-0.1, -0.05) is 308 Å². The number of unbranched alkanes of at least 4 members (excludes halogenated alkanes) is 37. The smallest absolute Gasteiger partial charge is 0.462 e. The van der Waals surface area contributed by atoms with E-state index in [0.717, 1.165) is 134 Å². The predicted octanol–water partition coefficient (Wildman–Crippen LogP) is 22.6. The van der Waals surface area contributed by atoms with Gasteiger partial charge in [-0.05, 0) is 88.9 Å². The van der Waals surface area contributed by atoms with Crippen molar-refractivity contribution >= 4 is 39.5 Å². The van der Waals surface area contributed by atoms with E-state index >= 15 is 0 Å². The molecule has 17 nitrogen and oxygen atoms in total. The Morgan fingerprint density at radius 2 is 0.602 bits per heavy atom. The topological polar surface area (TPSA) is 237 Å². The first-order valence-electron chi connectivity index (χ1n) is 39.7. The molecule has 0 heterocycles. The molecule has 0 aliphatic heterocycles. The van der Waals surface area contributed by atoms with E-state index in [1.165, 1.54) is 148 Å². The van der Waals surface area contributed by atoms with Gasteiger partial charge in [0, 0.05) is 25.7 Å². The first-order chi connectivity index (χ1) is 47.4. The summed E-state index contributed by atoms with van der Waals surface area (Å²) in [5.74, 6) is -0.646. The minimum Gasteiger partial charge on any atom is -0.462 e. The second-order valence-corrected chi connectivity index (χ2v) is 30.7. The Kier molecular flexibility index (Phi) is 67.6. The lowest BCUT2D eigenvalue weighted by molar-refractivity contribution is -0.161. The Hall–Kier alpha value is -2.98. The standard InChI is InChI=1S/C79H146O17P2/c1-7-10-12-14-16-18-20-22-25-31-35-39-43-51-57-63-78(83)95-74(67-89-76(81)61-55-49-42-38-34-30-28-24-27-29-33-37-41-47-53-59-71(4)5)69-93-97(85,86)91-65-73(80)66-92-98(87,88)94-70-75(68-90-77(82)62-56-50-46-45-48-54-60-72(6)9-3)96-79(84)64-58-52-44-40-36-32-26-23-21-19-17-15-13-11-8-2/h18-23,25-26,71-75,80H,7-17,24,27-70H2,1-6H3,(H,85,86)(H,87,88)/b20-18-,21-19-,25-22-,26-23-/t72?,73-,74-,75-/m1/s1. The van der Waals surface area contributed by atoms with Gasteiger partial charge in [0.25, 0.3) is 0 Å². The van der Waals surface area contributed by atoms with Crippen LogP contribution in [0.25, 0.3) is 0 Å². The van der Waals surface area contributed by atoms with Crippen molar-refractivity contribution in [1.29, 1.82) is 0 Å². The lowest BCUT2D eigenvalue weighted by Gasteiger charge is -2.21. The van der Waals surface area contributed by atoms with Crippen LogP contribution >= 0.6 is 15.6 Å². The summed E-state index contributed by atoms with van der Waals surface area (Å²) in [7, 11) is -9.94. The number of ether oxygens (including phenoxy) is 4. The zero-order chi connectivity index (χ0) is 72.1. The SMILES string of the molecule is CCCCCC/C=C\C=C/CCCCCCCC(=O)O[C@H](COC(=O)CCCCCCCCCCCCCCCCCC(C)C)COP(=O)(O)OC[C@@H](O)COP(=O)(O)OC[C@@H](COC(=O)CCCCCCCCC(C)CC)OC(=O)CCCCCCC/C=C\C=C/CCCCCC. The summed E-state index contributed by atoms with van der Waals surface area (Å²) in [6, 6.07) is 0. The first-order valence-corrected chi connectivity index (χ1v) is 42.7. The number of carbonyl (C=O) groups is 4. The average Bonchev–Trinajstić information content (AvgIpc) is 0.977.